The first-order valence-electron chi connectivity index (χ1n) is 5.20. The lowest BCUT2D eigenvalue weighted by Gasteiger charge is -2.32. The Morgan fingerprint density at radius 1 is 1.43 bits per heavy atom. The second kappa shape index (κ2) is 3.92. The topological polar surface area (TPSA) is 26.0 Å². The monoisotopic (exact) mass is 209 g/mol. The lowest BCUT2D eigenvalue weighted by atomic mass is 9.77. The lowest BCUT2D eigenvalue weighted by Crippen LogP contribution is -2.27. The van der Waals surface area contributed by atoms with Crippen LogP contribution >= 0.6 is 11.6 Å². The van der Waals surface area contributed by atoms with Crippen LogP contribution in [0.5, 0.6) is 0 Å². The lowest BCUT2D eigenvalue weighted by molar-refractivity contribution is 0.264. The predicted molar refractivity (Wildman–Crippen MR) is 60.5 cm³/mol. The molecular formula is C12H16ClN. The standard InChI is InChI=1S/C12H16ClN/c1-8-5-6-10(13)7-11(8)12(14)9-3-2-4-9/h5-7,9,12H,2-4,14H2,1H3. The molecule has 2 heteroatoms. The summed E-state index contributed by atoms with van der Waals surface area (Å²) < 4.78 is 0. The van der Waals surface area contributed by atoms with Crippen molar-refractivity contribution in [3.63, 3.8) is 0 Å². The van der Waals surface area contributed by atoms with Crippen LogP contribution in [-0.2, 0) is 0 Å². The Balaban J connectivity index is 2.24. The van der Waals surface area contributed by atoms with E-state index in [0.29, 0.717) is 5.92 Å². The minimum atomic E-state index is 0.183. The Morgan fingerprint density at radius 2 is 2.14 bits per heavy atom. The molecule has 1 aromatic rings. The normalized spacial score (nSPS) is 19.1. The van der Waals surface area contributed by atoms with Crippen molar-refractivity contribution in [2.75, 3.05) is 0 Å². The van der Waals surface area contributed by atoms with E-state index in [1.165, 1.54) is 30.4 Å². The van der Waals surface area contributed by atoms with Gasteiger partial charge in [0, 0.05) is 11.1 Å². The largest absolute Gasteiger partial charge is 0.324 e. The first kappa shape index (κ1) is 10.0. The van der Waals surface area contributed by atoms with Gasteiger partial charge in [-0.3, -0.25) is 0 Å². The minimum absolute atomic E-state index is 0.183. The van der Waals surface area contributed by atoms with Gasteiger partial charge in [0.05, 0.1) is 0 Å². The molecule has 76 valence electrons. The number of aryl methyl sites for hydroxylation is 1. The number of halogens is 1. The van der Waals surface area contributed by atoms with Gasteiger partial charge in [0.25, 0.3) is 0 Å². The molecule has 0 aliphatic heterocycles. The van der Waals surface area contributed by atoms with Gasteiger partial charge in [-0.2, -0.15) is 0 Å². The van der Waals surface area contributed by atoms with E-state index in [2.05, 4.69) is 13.0 Å². The SMILES string of the molecule is Cc1ccc(Cl)cc1C(N)C1CCC1. The van der Waals surface area contributed by atoms with Crippen LogP contribution in [0, 0.1) is 12.8 Å². The zero-order valence-corrected chi connectivity index (χ0v) is 9.22. The van der Waals surface area contributed by atoms with Crippen molar-refractivity contribution in [3.05, 3.63) is 34.3 Å². The van der Waals surface area contributed by atoms with E-state index < -0.39 is 0 Å². The van der Waals surface area contributed by atoms with Gasteiger partial charge in [0.15, 0.2) is 0 Å². The fourth-order valence-electron chi connectivity index (χ4n) is 2.02. The summed E-state index contributed by atoms with van der Waals surface area (Å²) in [5.41, 5.74) is 8.69. The molecule has 1 aromatic carbocycles. The smallest absolute Gasteiger partial charge is 0.0409 e. The highest BCUT2D eigenvalue weighted by atomic mass is 35.5. The van der Waals surface area contributed by atoms with Crippen LogP contribution in [0.4, 0.5) is 0 Å². The van der Waals surface area contributed by atoms with Crippen LogP contribution in [0.25, 0.3) is 0 Å². The van der Waals surface area contributed by atoms with Crippen LogP contribution in [-0.4, -0.2) is 0 Å². The van der Waals surface area contributed by atoms with Gasteiger partial charge in [0.2, 0.25) is 0 Å². The van der Waals surface area contributed by atoms with Crippen molar-refractivity contribution in [2.24, 2.45) is 11.7 Å². The Hall–Kier alpha value is -0.530. The summed E-state index contributed by atoms with van der Waals surface area (Å²) in [7, 11) is 0. The van der Waals surface area contributed by atoms with E-state index in [-0.39, 0.29) is 6.04 Å². The fourth-order valence-corrected chi connectivity index (χ4v) is 2.20. The van der Waals surface area contributed by atoms with Crippen molar-refractivity contribution in [3.8, 4) is 0 Å². The van der Waals surface area contributed by atoms with Crippen molar-refractivity contribution < 1.29 is 0 Å². The summed E-state index contributed by atoms with van der Waals surface area (Å²) in [6, 6.07) is 6.17. The number of benzene rings is 1. The molecule has 1 unspecified atom stereocenters. The summed E-state index contributed by atoms with van der Waals surface area (Å²) in [5, 5.41) is 0.792. The molecule has 0 aromatic heterocycles. The van der Waals surface area contributed by atoms with Gasteiger partial charge in [-0.25, -0.2) is 0 Å². The summed E-state index contributed by atoms with van der Waals surface area (Å²) in [6.45, 7) is 2.10. The van der Waals surface area contributed by atoms with E-state index in [4.69, 9.17) is 17.3 Å². The number of hydrogen-bond acceptors (Lipinski definition) is 1. The Bertz CT molecular complexity index is 331. The van der Waals surface area contributed by atoms with E-state index in [1.54, 1.807) is 0 Å². The van der Waals surface area contributed by atoms with Crippen molar-refractivity contribution in [1.29, 1.82) is 0 Å². The maximum atomic E-state index is 6.21. The molecule has 0 heterocycles. The maximum absolute atomic E-state index is 6.21. The Morgan fingerprint density at radius 3 is 2.71 bits per heavy atom. The molecule has 0 bridgehead atoms. The molecule has 14 heavy (non-hydrogen) atoms. The minimum Gasteiger partial charge on any atom is -0.324 e. The molecule has 1 saturated carbocycles. The zero-order chi connectivity index (χ0) is 10.1. The molecule has 0 amide bonds. The van der Waals surface area contributed by atoms with Gasteiger partial charge < -0.3 is 5.73 Å². The average Bonchev–Trinajstić information content (AvgIpc) is 2.06. The fraction of sp³-hybridized carbons (Fsp3) is 0.500. The first-order chi connectivity index (χ1) is 6.68. The molecular weight excluding hydrogens is 194 g/mol. The third-order valence-corrected chi connectivity index (χ3v) is 3.49. The second-order valence-corrected chi connectivity index (χ2v) is 4.65. The molecule has 0 saturated heterocycles. The van der Waals surface area contributed by atoms with E-state index >= 15 is 0 Å². The van der Waals surface area contributed by atoms with Crippen LogP contribution in [0.15, 0.2) is 18.2 Å². The summed E-state index contributed by atoms with van der Waals surface area (Å²) in [5.74, 6) is 0.673. The van der Waals surface area contributed by atoms with Crippen molar-refractivity contribution in [2.45, 2.75) is 32.2 Å². The van der Waals surface area contributed by atoms with Gasteiger partial charge in [-0.1, -0.05) is 24.1 Å². The average molecular weight is 210 g/mol. The number of rotatable bonds is 2. The quantitative estimate of drug-likeness (QED) is 0.794. The van der Waals surface area contributed by atoms with Gasteiger partial charge in [-0.15, -0.1) is 0 Å². The van der Waals surface area contributed by atoms with E-state index in [9.17, 15) is 0 Å². The zero-order valence-electron chi connectivity index (χ0n) is 8.46. The van der Waals surface area contributed by atoms with Crippen LogP contribution < -0.4 is 5.73 Å². The van der Waals surface area contributed by atoms with Crippen LogP contribution in [0.3, 0.4) is 0 Å². The molecule has 1 aliphatic rings. The molecule has 2 rings (SSSR count). The van der Waals surface area contributed by atoms with E-state index in [0.717, 1.165) is 5.02 Å². The Kier molecular flexibility index (Phi) is 2.80. The van der Waals surface area contributed by atoms with Gasteiger partial charge >= 0.3 is 0 Å². The van der Waals surface area contributed by atoms with Gasteiger partial charge in [-0.05, 0) is 48.9 Å². The molecule has 0 radical (unpaired) electrons. The molecule has 1 nitrogen and oxygen atoms in total. The summed E-state index contributed by atoms with van der Waals surface area (Å²) in [4.78, 5) is 0. The van der Waals surface area contributed by atoms with Crippen LogP contribution in [0.2, 0.25) is 5.02 Å². The Labute approximate surface area is 90.3 Å². The van der Waals surface area contributed by atoms with Crippen molar-refractivity contribution in [1.82, 2.24) is 0 Å². The highest BCUT2D eigenvalue weighted by Gasteiger charge is 2.26. The molecule has 1 fully saturated rings. The maximum Gasteiger partial charge on any atom is 0.0409 e. The molecule has 2 N–H and O–H groups in total. The predicted octanol–water partition coefficient (Wildman–Crippen LogP) is 3.45. The first-order valence-corrected chi connectivity index (χ1v) is 5.58. The number of hydrogen-bond donors (Lipinski definition) is 1. The highest BCUT2D eigenvalue weighted by molar-refractivity contribution is 6.30. The molecule has 0 spiro atoms. The van der Waals surface area contributed by atoms with Crippen molar-refractivity contribution >= 4 is 11.6 Å². The third-order valence-electron chi connectivity index (χ3n) is 3.26. The molecule has 1 aliphatic carbocycles. The summed E-state index contributed by atoms with van der Waals surface area (Å²) in [6.07, 6.45) is 3.87. The van der Waals surface area contributed by atoms with Crippen LogP contribution in [0.1, 0.15) is 36.4 Å². The highest BCUT2D eigenvalue weighted by Crippen LogP contribution is 2.37. The second-order valence-electron chi connectivity index (χ2n) is 4.22. The third kappa shape index (κ3) is 1.79. The van der Waals surface area contributed by atoms with Gasteiger partial charge in [0.1, 0.15) is 0 Å². The summed E-state index contributed by atoms with van der Waals surface area (Å²) >= 11 is 5.97. The number of nitrogens with two attached hydrogens (primary N) is 1. The molecule has 1 atom stereocenters. The van der Waals surface area contributed by atoms with E-state index in [1.807, 2.05) is 12.1 Å².